The number of nitrogens with two attached hydrogens (primary N) is 1. The van der Waals surface area contributed by atoms with Gasteiger partial charge in [-0.05, 0) is 38.5 Å². The highest BCUT2D eigenvalue weighted by Gasteiger charge is 2.41. The SMILES string of the molecule is COc1ccc(C(N)C2CC(F)CN2C(=O)OC(C)(C)C)cc1F. The predicted molar refractivity (Wildman–Crippen MR) is 86.1 cm³/mol. The molecule has 2 rings (SSSR count). The Labute approximate surface area is 140 Å². The van der Waals surface area contributed by atoms with E-state index in [1.807, 2.05) is 0 Å². The van der Waals surface area contributed by atoms with E-state index in [0.29, 0.717) is 5.56 Å². The number of nitrogens with zero attached hydrogens (tertiary/aromatic N) is 1. The summed E-state index contributed by atoms with van der Waals surface area (Å²) < 4.78 is 38.0. The van der Waals surface area contributed by atoms with E-state index in [0.717, 1.165) is 0 Å². The lowest BCUT2D eigenvalue weighted by atomic mass is 9.98. The van der Waals surface area contributed by atoms with Gasteiger partial charge in [0.2, 0.25) is 0 Å². The standard InChI is InChI=1S/C17H24F2N2O3/c1-17(2,3)24-16(22)21-9-11(18)8-13(21)15(20)10-5-6-14(23-4)12(19)7-10/h5-7,11,13,15H,8-9,20H2,1-4H3. The molecule has 0 aromatic heterocycles. The lowest BCUT2D eigenvalue weighted by Crippen LogP contribution is -2.44. The fraction of sp³-hybridized carbons (Fsp3) is 0.588. The maximum absolute atomic E-state index is 13.9. The average Bonchev–Trinajstić information content (AvgIpc) is 2.86. The Morgan fingerprint density at radius 1 is 1.42 bits per heavy atom. The highest BCUT2D eigenvalue weighted by molar-refractivity contribution is 5.69. The summed E-state index contributed by atoms with van der Waals surface area (Å²) in [4.78, 5) is 13.6. The first-order chi connectivity index (χ1) is 11.1. The first-order valence-corrected chi connectivity index (χ1v) is 7.85. The monoisotopic (exact) mass is 342 g/mol. The molecule has 0 saturated carbocycles. The Hall–Kier alpha value is -1.89. The summed E-state index contributed by atoms with van der Waals surface area (Å²) in [6.07, 6.45) is -1.71. The number of methoxy groups -OCH3 is 1. The van der Waals surface area contributed by atoms with Crippen molar-refractivity contribution in [1.29, 1.82) is 0 Å². The highest BCUT2D eigenvalue weighted by Crippen LogP contribution is 2.32. The maximum atomic E-state index is 13.9. The Morgan fingerprint density at radius 2 is 2.08 bits per heavy atom. The summed E-state index contributed by atoms with van der Waals surface area (Å²) in [6, 6.07) is 3.01. The number of ether oxygens (including phenoxy) is 2. The van der Waals surface area contributed by atoms with Crippen LogP contribution < -0.4 is 10.5 Å². The van der Waals surface area contributed by atoms with Crippen LogP contribution in [-0.2, 0) is 4.74 Å². The van der Waals surface area contributed by atoms with Crippen LogP contribution in [0.2, 0.25) is 0 Å². The van der Waals surface area contributed by atoms with Gasteiger partial charge in [0.1, 0.15) is 11.8 Å². The van der Waals surface area contributed by atoms with Crippen LogP contribution in [0, 0.1) is 5.82 Å². The molecule has 1 heterocycles. The summed E-state index contributed by atoms with van der Waals surface area (Å²) in [5, 5.41) is 0. The fourth-order valence-electron chi connectivity index (χ4n) is 2.80. The van der Waals surface area contributed by atoms with Crippen molar-refractivity contribution in [3.05, 3.63) is 29.6 Å². The molecule has 2 N–H and O–H groups in total. The number of carbonyl (C=O) groups excluding carboxylic acids is 1. The zero-order valence-corrected chi connectivity index (χ0v) is 14.4. The molecule has 1 amide bonds. The van der Waals surface area contributed by atoms with Gasteiger partial charge in [0.25, 0.3) is 0 Å². The Bertz CT molecular complexity index is 604. The van der Waals surface area contributed by atoms with Crippen molar-refractivity contribution in [2.24, 2.45) is 5.73 Å². The van der Waals surface area contributed by atoms with E-state index in [-0.39, 0.29) is 18.7 Å². The van der Waals surface area contributed by atoms with Crippen LogP contribution in [0.5, 0.6) is 5.75 Å². The van der Waals surface area contributed by atoms with Gasteiger partial charge >= 0.3 is 6.09 Å². The predicted octanol–water partition coefficient (Wildman–Crippen LogP) is 3.18. The lowest BCUT2D eigenvalue weighted by molar-refractivity contribution is 0.0199. The van der Waals surface area contributed by atoms with Gasteiger partial charge in [-0.2, -0.15) is 0 Å². The van der Waals surface area contributed by atoms with Gasteiger partial charge in [0.05, 0.1) is 25.7 Å². The minimum absolute atomic E-state index is 0.0775. The summed E-state index contributed by atoms with van der Waals surface area (Å²) >= 11 is 0. The van der Waals surface area contributed by atoms with Crippen molar-refractivity contribution in [2.75, 3.05) is 13.7 Å². The van der Waals surface area contributed by atoms with Crippen LogP contribution in [0.15, 0.2) is 18.2 Å². The molecule has 134 valence electrons. The van der Waals surface area contributed by atoms with E-state index < -0.39 is 35.8 Å². The van der Waals surface area contributed by atoms with E-state index in [9.17, 15) is 13.6 Å². The number of rotatable bonds is 3. The number of benzene rings is 1. The topological polar surface area (TPSA) is 64.8 Å². The number of hydrogen-bond acceptors (Lipinski definition) is 4. The van der Waals surface area contributed by atoms with Crippen molar-refractivity contribution < 1.29 is 23.0 Å². The van der Waals surface area contributed by atoms with Crippen LogP contribution in [0.4, 0.5) is 13.6 Å². The minimum Gasteiger partial charge on any atom is -0.494 e. The molecule has 3 atom stereocenters. The van der Waals surface area contributed by atoms with Crippen LogP contribution in [-0.4, -0.2) is 42.5 Å². The third-order valence-corrected chi connectivity index (χ3v) is 3.90. The largest absolute Gasteiger partial charge is 0.494 e. The molecule has 1 aromatic rings. The van der Waals surface area contributed by atoms with Crippen LogP contribution in [0.3, 0.4) is 0 Å². The first-order valence-electron chi connectivity index (χ1n) is 7.85. The summed E-state index contributed by atoms with van der Waals surface area (Å²) in [7, 11) is 1.37. The molecule has 7 heteroatoms. The molecule has 1 saturated heterocycles. The van der Waals surface area contributed by atoms with Crippen LogP contribution in [0.1, 0.15) is 38.8 Å². The number of likely N-dealkylation sites (tertiary alicyclic amines) is 1. The molecular weight excluding hydrogens is 318 g/mol. The van der Waals surface area contributed by atoms with Gasteiger partial charge in [-0.25, -0.2) is 13.6 Å². The molecule has 3 unspecified atom stereocenters. The molecule has 1 aliphatic heterocycles. The molecule has 0 radical (unpaired) electrons. The number of carbonyl (C=O) groups is 1. The van der Waals surface area contributed by atoms with Gasteiger partial charge in [-0.3, -0.25) is 0 Å². The summed E-state index contributed by atoms with van der Waals surface area (Å²) in [5.41, 5.74) is 5.98. The normalized spacial score (nSPS) is 22.4. The minimum atomic E-state index is -1.18. The van der Waals surface area contributed by atoms with Crippen molar-refractivity contribution >= 4 is 6.09 Å². The zero-order valence-electron chi connectivity index (χ0n) is 14.4. The van der Waals surface area contributed by atoms with Crippen LogP contribution in [0.25, 0.3) is 0 Å². The zero-order chi connectivity index (χ0) is 18.1. The van der Waals surface area contributed by atoms with Gasteiger partial charge < -0.3 is 20.1 Å². The second-order valence-corrected chi connectivity index (χ2v) is 6.95. The van der Waals surface area contributed by atoms with E-state index in [1.54, 1.807) is 26.8 Å². The van der Waals surface area contributed by atoms with Crippen molar-refractivity contribution in [2.45, 2.75) is 51.0 Å². The average molecular weight is 342 g/mol. The molecule has 5 nitrogen and oxygen atoms in total. The van der Waals surface area contributed by atoms with Gasteiger partial charge in [0, 0.05) is 6.42 Å². The number of alkyl halides is 1. The highest BCUT2D eigenvalue weighted by atomic mass is 19.1. The lowest BCUT2D eigenvalue weighted by Gasteiger charge is -2.31. The smallest absolute Gasteiger partial charge is 0.410 e. The van der Waals surface area contributed by atoms with E-state index in [2.05, 4.69) is 0 Å². The van der Waals surface area contributed by atoms with Gasteiger partial charge in [-0.1, -0.05) is 6.07 Å². The molecular formula is C17H24F2N2O3. The summed E-state index contributed by atoms with van der Waals surface area (Å²) in [6.45, 7) is 5.14. The van der Waals surface area contributed by atoms with Crippen molar-refractivity contribution in [1.82, 2.24) is 4.90 Å². The Kier molecular flexibility index (Phi) is 5.32. The molecule has 1 aromatic carbocycles. The third-order valence-electron chi connectivity index (χ3n) is 3.90. The van der Waals surface area contributed by atoms with E-state index >= 15 is 0 Å². The second kappa shape index (κ2) is 6.93. The quantitative estimate of drug-likeness (QED) is 0.916. The molecule has 1 fully saturated rings. The Morgan fingerprint density at radius 3 is 2.62 bits per heavy atom. The number of hydrogen-bond donors (Lipinski definition) is 1. The molecule has 1 aliphatic rings. The Balaban J connectivity index is 2.21. The number of amides is 1. The molecule has 24 heavy (non-hydrogen) atoms. The van der Waals surface area contributed by atoms with Crippen LogP contribution >= 0.6 is 0 Å². The third kappa shape index (κ3) is 4.14. The van der Waals surface area contributed by atoms with Gasteiger partial charge in [-0.15, -0.1) is 0 Å². The molecule has 0 spiro atoms. The summed E-state index contributed by atoms with van der Waals surface area (Å²) in [5.74, 6) is -0.450. The van der Waals surface area contributed by atoms with E-state index in [4.69, 9.17) is 15.2 Å². The van der Waals surface area contributed by atoms with Crippen molar-refractivity contribution in [3.8, 4) is 5.75 Å². The molecule has 0 aliphatic carbocycles. The van der Waals surface area contributed by atoms with E-state index in [1.165, 1.54) is 24.1 Å². The second-order valence-electron chi connectivity index (χ2n) is 6.95. The maximum Gasteiger partial charge on any atom is 0.410 e. The van der Waals surface area contributed by atoms with Crippen molar-refractivity contribution in [3.63, 3.8) is 0 Å². The number of halogens is 2. The first kappa shape index (κ1) is 18.4. The molecule has 0 bridgehead atoms. The van der Waals surface area contributed by atoms with Gasteiger partial charge in [0.15, 0.2) is 11.6 Å². The fourth-order valence-corrected chi connectivity index (χ4v) is 2.80.